The minimum atomic E-state index is -0.135. The molecule has 26 heavy (non-hydrogen) atoms. The summed E-state index contributed by atoms with van der Waals surface area (Å²) in [6, 6.07) is 8.31. The van der Waals surface area contributed by atoms with Gasteiger partial charge in [-0.1, -0.05) is 24.3 Å². The molecule has 146 valence electrons. The van der Waals surface area contributed by atoms with Crippen molar-refractivity contribution in [3.8, 4) is 0 Å². The van der Waals surface area contributed by atoms with Crippen molar-refractivity contribution in [3.05, 3.63) is 35.4 Å². The molecule has 2 rings (SSSR count). The van der Waals surface area contributed by atoms with E-state index in [9.17, 15) is 0 Å². The summed E-state index contributed by atoms with van der Waals surface area (Å²) in [6.45, 7) is 13.0. The normalized spacial score (nSPS) is 16.7. The van der Waals surface area contributed by atoms with Gasteiger partial charge in [0.1, 0.15) is 0 Å². The van der Waals surface area contributed by atoms with Gasteiger partial charge in [-0.25, -0.2) is 4.99 Å². The Morgan fingerprint density at radius 1 is 1.27 bits per heavy atom. The molecule has 0 aromatic heterocycles. The predicted molar refractivity (Wildman–Crippen MR) is 106 cm³/mol. The molecular weight excluding hydrogens is 328 g/mol. The summed E-state index contributed by atoms with van der Waals surface area (Å²) in [5, 5.41) is 3.20. The topological polar surface area (TPSA) is 72.1 Å². The number of nitrogens with one attached hydrogen (secondary N) is 1. The summed E-state index contributed by atoms with van der Waals surface area (Å²) < 4.78 is 11.2. The summed E-state index contributed by atoms with van der Waals surface area (Å²) in [7, 11) is 0. The number of nitrogens with two attached hydrogens (primary N) is 1. The van der Waals surface area contributed by atoms with Gasteiger partial charge in [0.05, 0.1) is 32.0 Å². The van der Waals surface area contributed by atoms with E-state index in [-0.39, 0.29) is 5.60 Å². The van der Waals surface area contributed by atoms with E-state index in [1.807, 2.05) is 6.07 Å². The lowest BCUT2D eigenvalue weighted by molar-refractivity contribution is -0.0149. The Balaban J connectivity index is 1.68. The van der Waals surface area contributed by atoms with Crippen LogP contribution in [0.2, 0.25) is 0 Å². The van der Waals surface area contributed by atoms with Gasteiger partial charge >= 0.3 is 0 Å². The van der Waals surface area contributed by atoms with Crippen LogP contribution in [0, 0.1) is 0 Å². The van der Waals surface area contributed by atoms with Crippen LogP contribution >= 0.6 is 0 Å². The van der Waals surface area contributed by atoms with Crippen molar-refractivity contribution in [2.45, 2.75) is 45.9 Å². The van der Waals surface area contributed by atoms with Crippen LogP contribution < -0.4 is 11.1 Å². The van der Waals surface area contributed by atoms with E-state index < -0.39 is 0 Å². The molecule has 0 atom stereocenters. The second kappa shape index (κ2) is 10.5. The van der Waals surface area contributed by atoms with Crippen LogP contribution in [-0.2, 0) is 22.6 Å². The minimum absolute atomic E-state index is 0.135. The van der Waals surface area contributed by atoms with Gasteiger partial charge in [0.25, 0.3) is 0 Å². The molecule has 1 aliphatic heterocycles. The maximum Gasteiger partial charge on any atom is 0.188 e. The zero-order valence-electron chi connectivity index (χ0n) is 16.5. The van der Waals surface area contributed by atoms with Gasteiger partial charge in [-0.15, -0.1) is 0 Å². The maximum absolute atomic E-state index is 5.98. The highest BCUT2D eigenvalue weighted by Gasteiger charge is 2.10. The third-order valence-electron chi connectivity index (χ3n) is 4.16. The van der Waals surface area contributed by atoms with E-state index in [1.54, 1.807) is 0 Å². The quantitative estimate of drug-likeness (QED) is 0.421. The predicted octanol–water partition coefficient (Wildman–Crippen LogP) is 2.13. The Bertz CT molecular complexity index is 563. The highest BCUT2D eigenvalue weighted by molar-refractivity contribution is 5.77. The van der Waals surface area contributed by atoms with E-state index in [1.165, 1.54) is 0 Å². The molecule has 1 fully saturated rings. The van der Waals surface area contributed by atoms with E-state index in [0.717, 1.165) is 56.9 Å². The van der Waals surface area contributed by atoms with E-state index in [4.69, 9.17) is 15.2 Å². The van der Waals surface area contributed by atoms with Crippen molar-refractivity contribution in [1.29, 1.82) is 0 Å². The lowest BCUT2D eigenvalue weighted by Crippen LogP contribution is -2.39. The number of nitrogens with zero attached hydrogens (tertiary/aromatic N) is 2. The zero-order valence-corrected chi connectivity index (χ0v) is 16.5. The Morgan fingerprint density at radius 2 is 2.00 bits per heavy atom. The Labute approximate surface area is 157 Å². The first-order valence-corrected chi connectivity index (χ1v) is 9.48. The average Bonchev–Trinajstić information content (AvgIpc) is 2.62. The number of ether oxygens (including phenoxy) is 2. The second-order valence-electron chi connectivity index (χ2n) is 7.66. The van der Waals surface area contributed by atoms with Crippen LogP contribution in [0.15, 0.2) is 29.3 Å². The number of hydrogen-bond acceptors (Lipinski definition) is 4. The van der Waals surface area contributed by atoms with Crippen LogP contribution in [-0.4, -0.2) is 55.9 Å². The van der Waals surface area contributed by atoms with Crippen molar-refractivity contribution in [2.24, 2.45) is 10.7 Å². The van der Waals surface area contributed by atoms with Crippen LogP contribution in [0.25, 0.3) is 0 Å². The van der Waals surface area contributed by atoms with Crippen molar-refractivity contribution in [2.75, 3.05) is 39.4 Å². The fraction of sp³-hybridized carbons (Fsp3) is 0.650. The molecule has 0 unspecified atom stereocenters. The van der Waals surface area contributed by atoms with Crippen LogP contribution in [0.1, 0.15) is 38.3 Å². The van der Waals surface area contributed by atoms with Crippen molar-refractivity contribution in [1.82, 2.24) is 10.2 Å². The summed E-state index contributed by atoms with van der Waals surface area (Å²) in [6.07, 6.45) is 1.05. The molecule has 1 saturated heterocycles. The number of aliphatic imine (C=N–C) groups is 1. The van der Waals surface area contributed by atoms with Gasteiger partial charge < -0.3 is 20.5 Å². The van der Waals surface area contributed by atoms with Gasteiger partial charge in [0.15, 0.2) is 5.96 Å². The van der Waals surface area contributed by atoms with E-state index in [2.05, 4.69) is 54.2 Å². The zero-order chi connectivity index (χ0) is 18.8. The number of hydrogen-bond donors (Lipinski definition) is 2. The van der Waals surface area contributed by atoms with Gasteiger partial charge in [-0.2, -0.15) is 0 Å². The molecule has 1 aromatic carbocycles. The third kappa shape index (κ3) is 8.65. The standard InChI is InChI=1S/C20H34N4O2/c1-20(2,3)26-16-18-7-4-6-17(14-18)15-23-19(21)22-8-5-9-24-10-12-25-13-11-24/h4,6-7,14H,5,8-13,15-16H2,1-3H3,(H3,21,22,23). The lowest BCUT2D eigenvalue weighted by Gasteiger charge is -2.26. The minimum Gasteiger partial charge on any atom is -0.379 e. The molecule has 0 amide bonds. The number of morpholine rings is 1. The van der Waals surface area contributed by atoms with Crippen molar-refractivity contribution in [3.63, 3.8) is 0 Å². The smallest absolute Gasteiger partial charge is 0.188 e. The molecule has 0 saturated carbocycles. The fourth-order valence-electron chi connectivity index (χ4n) is 2.69. The highest BCUT2D eigenvalue weighted by atomic mass is 16.5. The van der Waals surface area contributed by atoms with Crippen LogP contribution in [0.4, 0.5) is 0 Å². The molecule has 1 aliphatic rings. The number of benzene rings is 1. The average molecular weight is 363 g/mol. The Hall–Kier alpha value is -1.63. The lowest BCUT2D eigenvalue weighted by atomic mass is 10.1. The van der Waals surface area contributed by atoms with E-state index in [0.29, 0.717) is 19.1 Å². The summed E-state index contributed by atoms with van der Waals surface area (Å²) in [4.78, 5) is 6.86. The second-order valence-corrected chi connectivity index (χ2v) is 7.66. The number of rotatable bonds is 8. The summed E-state index contributed by atoms with van der Waals surface area (Å²) in [5.41, 5.74) is 8.13. The molecule has 1 heterocycles. The highest BCUT2D eigenvalue weighted by Crippen LogP contribution is 2.13. The summed E-state index contributed by atoms with van der Waals surface area (Å²) in [5.74, 6) is 0.503. The molecule has 0 radical (unpaired) electrons. The Kier molecular flexibility index (Phi) is 8.35. The molecule has 1 aromatic rings. The van der Waals surface area contributed by atoms with Crippen LogP contribution in [0.3, 0.4) is 0 Å². The van der Waals surface area contributed by atoms with Gasteiger partial charge in [-0.3, -0.25) is 4.90 Å². The molecule has 0 aliphatic carbocycles. The first-order chi connectivity index (χ1) is 12.4. The first kappa shape index (κ1) is 20.7. The molecular formula is C20H34N4O2. The largest absolute Gasteiger partial charge is 0.379 e. The summed E-state index contributed by atoms with van der Waals surface area (Å²) >= 11 is 0. The van der Waals surface area contributed by atoms with Crippen molar-refractivity contribution >= 4 is 5.96 Å². The maximum atomic E-state index is 5.98. The van der Waals surface area contributed by atoms with Gasteiger partial charge in [-0.05, 0) is 44.9 Å². The molecule has 6 nitrogen and oxygen atoms in total. The number of guanidine groups is 1. The molecule has 3 N–H and O–H groups in total. The molecule has 0 bridgehead atoms. The fourth-order valence-corrected chi connectivity index (χ4v) is 2.69. The van der Waals surface area contributed by atoms with Gasteiger partial charge in [0, 0.05) is 19.6 Å². The molecule has 0 spiro atoms. The Morgan fingerprint density at radius 3 is 2.73 bits per heavy atom. The first-order valence-electron chi connectivity index (χ1n) is 9.48. The third-order valence-corrected chi connectivity index (χ3v) is 4.16. The van der Waals surface area contributed by atoms with Crippen molar-refractivity contribution < 1.29 is 9.47 Å². The SMILES string of the molecule is CC(C)(C)OCc1cccc(CN=C(N)NCCCN2CCOCC2)c1. The van der Waals surface area contributed by atoms with E-state index >= 15 is 0 Å². The van der Waals surface area contributed by atoms with Gasteiger partial charge in [0.2, 0.25) is 0 Å². The monoisotopic (exact) mass is 362 g/mol. The molecule has 6 heteroatoms. The van der Waals surface area contributed by atoms with Crippen LogP contribution in [0.5, 0.6) is 0 Å².